The Morgan fingerprint density at radius 1 is 1.53 bits per heavy atom. The molecule has 1 rings (SSSR count). The molecule has 1 atom stereocenters. The molecule has 1 aromatic rings. The summed E-state index contributed by atoms with van der Waals surface area (Å²) in [6.07, 6.45) is 1.14. The van der Waals surface area contributed by atoms with E-state index < -0.39 is 16.3 Å². The zero-order chi connectivity index (χ0) is 14.6. The van der Waals surface area contributed by atoms with E-state index in [2.05, 4.69) is 5.32 Å². The van der Waals surface area contributed by atoms with Gasteiger partial charge in [-0.15, -0.1) is 0 Å². The van der Waals surface area contributed by atoms with Crippen molar-refractivity contribution in [2.24, 2.45) is 0 Å². The number of nitro groups is 1. The number of aliphatic hydroxyl groups excluding tert-OH is 1. The molecule has 1 unspecified atom stereocenters. The minimum Gasteiger partial charge on any atom is -0.396 e. The van der Waals surface area contributed by atoms with Gasteiger partial charge in [-0.2, -0.15) is 0 Å². The van der Waals surface area contributed by atoms with Crippen LogP contribution >= 0.6 is 0 Å². The molecule has 0 aromatic heterocycles. The van der Waals surface area contributed by atoms with Gasteiger partial charge in [0.2, 0.25) is 0 Å². The lowest BCUT2D eigenvalue weighted by molar-refractivity contribution is -0.384. The molecule has 6 heteroatoms. The van der Waals surface area contributed by atoms with Gasteiger partial charge in [-0.05, 0) is 38.3 Å². The minimum atomic E-state index is -0.611. The summed E-state index contributed by atoms with van der Waals surface area (Å²) in [6, 6.07) is 2.35. The second-order valence-electron chi connectivity index (χ2n) is 4.89. The molecule has 0 saturated heterocycles. The lowest BCUT2D eigenvalue weighted by Gasteiger charge is -2.30. The van der Waals surface area contributed by atoms with Gasteiger partial charge < -0.3 is 10.4 Å². The zero-order valence-corrected chi connectivity index (χ0v) is 11.4. The minimum absolute atomic E-state index is 0.0225. The van der Waals surface area contributed by atoms with E-state index in [-0.39, 0.29) is 18.0 Å². The van der Waals surface area contributed by atoms with E-state index in [9.17, 15) is 14.5 Å². The summed E-state index contributed by atoms with van der Waals surface area (Å²) in [7, 11) is 0. The number of nitrogens with zero attached hydrogens (tertiary/aromatic N) is 1. The van der Waals surface area contributed by atoms with E-state index >= 15 is 0 Å². The summed E-state index contributed by atoms with van der Waals surface area (Å²) >= 11 is 0. The highest BCUT2D eigenvalue weighted by atomic mass is 19.1. The molecule has 0 aliphatic rings. The molecular formula is C13H19FN2O3. The molecule has 1 aromatic carbocycles. The van der Waals surface area contributed by atoms with Crippen molar-refractivity contribution in [2.75, 3.05) is 11.9 Å². The van der Waals surface area contributed by atoms with Gasteiger partial charge in [-0.1, -0.05) is 6.92 Å². The number of anilines is 1. The average molecular weight is 270 g/mol. The largest absolute Gasteiger partial charge is 0.396 e. The van der Waals surface area contributed by atoms with Crippen molar-refractivity contribution in [3.63, 3.8) is 0 Å². The third kappa shape index (κ3) is 3.64. The van der Waals surface area contributed by atoms with Gasteiger partial charge >= 0.3 is 0 Å². The third-order valence-electron chi connectivity index (χ3n) is 3.35. The van der Waals surface area contributed by atoms with Crippen LogP contribution in [0.4, 0.5) is 15.8 Å². The summed E-state index contributed by atoms with van der Waals surface area (Å²) in [5.74, 6) is -0.599. The standard InChI is InChI=1S/C13H19FN2O3/c1-4-13(3,5-6-17)15-11-7-9(2)10(14)8-12(11)16(18)19/h7-8,15,17H,4-6H2,1-3H3. The van der Waals surface area contributed by atoms with Crippen LogP contribution in [0.3, 0.4) is 0 Å². The lowest BCUT2D eigenvalue weighted by Crippen LogP contribution is -2.35. The Bertz CT molecular complexity index is 479. The van der Waals surface area contributed by atoms with E-state index in [0.29, 0.717) is 18.4 Å². The third-order valence-corrected chi connectivity index (χ3v) is 3.35. The van der Waals surface area contributed by atoms with Crippen LogP contribution in [-0.2, 0) is 0 Å². The summed E-state index contributed by atoms with van der Waals surface area (Å²) in [5, 5.41) is 23.1. The fourth-order valence-electron chi connectivity index (χ4n) is 1.82. The van der Waals surface area contributed by atoms with Crippen molar-refractivity contribution >= 4 is 11.4 Å². The van der Waals surface area contributed by atoms with Gasteiger partial charge in [0.15, 0.2) is 0 Å². The number of rotatable bonds is 6. The molecule has 0 amide bonds. The van der Waals surface area contributed by atoms with Gasteiger partial charge in [0, 0.05) is 12.1 Å². The molecule has 2 N–H and O–H groups in total. The fourth-order valence-corrected chi connectivity index (χ4v) is 1.82. The maximum Gasteiger partial charge on any atom is 0.295 e. The zero-order valence-electron chi connectivity index (χ0n) is 11.4. The van der Waals surface area contributed by atoms with Crippen molar-refractivity contribution < 1.29 is 14.4 Å². The quantitative estimate of drug-likeness (QED) is 0.615. The average Bonchev–Trinajstić information content (AvgIpc) is 2.33. The molecule has 0 heterocycles. The summed E-state index contributed by atoms with van der Waals surface area (Å²) in [5.41, 5.74) is -0.137. The fraction of sp³-hybridized carbons (Fsp3) is 0.538. The van der Waals surface area contributed by atoms with E-state index in [0.717, 1.165) is 6.07 Å². The number of hydrogen-bond acceptors (Lipinski definition) is 4. The van der Waals surface area contributed by atoms with Gasteiger partial charge in [-0.25, -0.2) is 4.39 Å². The number of aryl methyl sites for hydroxylation is 1. The number of aliphatic hydroxyl groups is 1. The second kappa shape index (κ2) is 5.97. The molecule has 0 radical (unpaired) electrons. The predicted molar refractivity (Wildman–Crippen MR) is 71.8 cm³/mol. The van der Waals surface area contributed by atoms with Crippen LogP contribution < -0.4 is 5.32 Å². The summed E-state index contributed by atoms with van der Waals surface area (Å²) in [4.78, 5) is 10.4. The molecule has 0 aliphatic carbocycles. The highest BCUT2D eigenvalue weighted by molar-refractivity contribution is 5.64. The Morgan fingerprint density at radius 3 is 2.63 bits per heavy atom. The highest BCUT2D eigenvalue weighted by Crippen LogP contribution is 2.31. The molecule has 0 saturated carbocycles. The first-order valence-corrected chi connectivity index (χ1v) is 6.16. The van der Waals surface area contributed by atoms with Crippen LogP contribution in [0.1, 0.15) is 32.3 Å². The lowest BCUT2D eigenvalue weighted by atomic mass is 9.94. The van der Waals surface area contributed by atoms with Crippen LogP contribution in [0.5, 0.6) is 0 Å². The van der Waals surface area contributed by atoms with Crippen molar-refractivity contribution in [1.29, 1.82) is 0 Å². The number of benzene rings is 1. The first-order valence-electron chi connectivity index (χ1n) is 6.16. The van der Waals surface area contributed by atoms with Gasteiger partial charge in [0.05, 0.1) is 11.0 Å². The summed E-state index contributed by atoms with van der Waals surface area (Å²) < 4.78 is 13.4. The highest BCUT2D eigenvalue weighted by Gasteiger charge is 2.26. The van der Waals surface area contributed by atoms with Gasteiger partial charge in [-0.3, -0.25) is 10.1 Å². The van der Waals surface area contributed by atoms with Crippen molar-refractivity contribution in [3.8, 4) is 0 Å². The molecule has 106 valence electrons. The van der Waals surface area contributed by atoms with Crippen molar-refractivity contribution in [2.45, 2.75) is 39.2 Å². The molecule has 0 bridgehead atoms. The molecule has 0 aliphatic heterocycles. The van der Waals surface area contributed by atoms with Crippen LogP contribution in [0.25, 0.3) is 0 Å². The van der Waals surface area contributed by atoms with E-state index in [1.165, 1.54) is 6.07 Å². The normalized spacial score (nSPS) is 13.9. The van der Waals surface area contributed by atoms with Crippen LogP contribution in [0.15, 0.2) is 12.1 Å². The monoisotopic (exact) mass is 270 g/mol. The Labute approximate surface area is 111 Å². The van der Waals surface area contributed by atoms with Crippen molar-refractivity contribution in [3.05, 3.63) is 33.6 Å². The van der Waals surface area contributed by atoms with Crippen LogP contribution in [-0.4, -0.2) is 22.2 Å². The number of nitro benzene ring substituents is 1. The molecular weight excluding hydrogens is 251 g/mol. The maximum atomic E-state index is 13.4. The Balaban J connectivity index is 3.18. The molecule has 0 fully saturated rings. The Kier molecular flexibility index (Phi) is 4.83. The van der Waals surface area contributed by atoms with Crippen molar-refractivity contribution in [1.82, 2.24) is 0 Å². The SMILES string of the molecule is CCC(C)(CCO)Nc1cc(C)c(F)cc1[N+](=O)[O-]. The molecule has 19 heavy (non-hydrogen) atoms. The van der Waals surface area contributed by atoms with E-state index in [4.69, 9.17) is 5.11 Å². The first kappa shape index (κ1) is 15.4. The van der Waals surface area contributed by atoms with E-state index in [1.54, 1.807) is 6.92 Å². The van der Waals surface area contributed by atoms with E-state index in [1.807, 2.05) is 13.8 Å². The first-order chi connectivity index (χ1) is 8.83. The smallest absolute Gasteiger partial charge is 0.295 e. The Hall–Kier alpha value is -1.69. The molecule has 5 nitrogen and oxygen atoms in total. The second-order valence-corrected chi connectivity index (χ2v) is 4.89. The Morgan fingerprint density at radius 2 is 2.16 bits per heavy atom. The van der Waals surface area contributed by atoms with Gasteiger partial charge in [0.1, 0.15) is 11.5 Å². The molecule has 0 spiro atoms. The van der Waals surface area contributed by atoms with Gasteiger partial charge in [0.25, 0.3) is 5.69 Å². The summed E-state index contributed by atoms with van der Waals surface area (Å²) in [6.45, 7) is 5.32. The number of nitrogens with one attached hydrogen (secondary N) is 1. The topological polar surface area (TPSA) is 75.4 Å². The predicted octanol–water partition coefficient (Wildman–Crippen LogP) is 3.01. The number of halogens is 1. The van der Waals surface area contributed by atoms with Crippen LogP contribution in [0.2, 0.25) is 0 Å². The number of hydrogen-bond donors (Lipinski definition) is 2. The maximum absolute atomic E-state index is 13.4. The van der Waals surface area contributed by atoms with Crippen LogP contribution in [0, 0.1) is 22.9 Å².